The number of allylic oxidation sites excluding steroid dienone is 1. The Kier molecular flexibility index (Phi) is 5.40. The van der Waals surface area contributed by atoms with E-state index in [1.165, 1.54) is 19.9 Å². The molecule has 0 amide bonds. The second kappa shape index (κ2) is 7.20. The van der Waals surface area contributed by atoms with E-state index in [4.69, 9.17) is 14.2 Å². The zero-order chi connectivity index (χ0) is 22.6. The summed E-state index contributed by atoms with van der Waals surface area (Å²) in [5.74, 6) is -4.31. The molecule has 2 fully saturated rings. The van der Waals surface area contributed by atoms with Gasteiger partial charge < -0.3 is 24.4 Å². The van der Waals surface area contributed by atoms with E-state index in [-0.39, 0.29) is 24.0 Å². The first-order chi connectivity index (χ1) is 13.7. The highest BCUT2D eigenvalue weighted by atomic mass is 16.7. The Morgan fingerprint density at radius 3 is 2.40 bits per heavy atom. The smallest absolute Gasteiger partial charge is 0.336 e. The summed E-state index contributed by atoms with van der Waals surface area (Å²) in [6.45, 7) is 9.86. The van der Waals surface area contributed by atoms with Gasteiger partial charge in [-0.1, -0.05) is 19.4 Å². The topological polar surface area (TPSA) is 119 Å². The minimum atomic E-state index is -2.06. The molecule has 0 saturated heterocycles. The quantitative estimate of drug-likeness (QED) is 0.402. The molecule has 8 nitrogen and oxygen atoms in total. The van der Waals surface area contributed by atoms with Crippen molar-refractivity contribution < 1.29 is 38.8 Å². The summed E-state index contributed by atoms with van der Waals surface area (Å²) in [6.07, 6.45) is -0.0617. The number of carbonyl (C=O) groups is 3. The highest BCUT2D eigenvalue weighted by molar-refractivity contribution is 5.93. The van der Waals surface area contributed by atoms with Gasteiger partial charge in [0.25, 0.3) is 0 Å². The SMILES string of the molecule is CC(=O)O[C@H]1CC[C@]2(O)C[C@]3(O)OC(=O)C(C)=C3[C@@H](OC(=O)C=C(C)C)[C@]2(C)[C@H]1C. The lowest BCUT2D eigenvalue weighted by Crippen LogP contribution is -2.70. The first-order valence-electron chi connectivity index (χ1n) is 10.2. The standard InChI is InChI=1S/C22H30O8/c1-11(2)9-16(24)29-18-17-12(3)19(25)30-22(17,27)10-21(26)8-7-15(28-14(5)23)13(4)20(18,21)6/h9,13,15,18,26-27H,7-8,10H2,1-6H3/t13-,15-,18+,20-,21-,22-/m0/s1. The molecule has 0 unspecified atom stereocenters. The number of ether oxygens (including phenoxy) is 3. The Morgan fingerprint density at radius 1 is 1.20 bits per heavy atom. The molecule has 1 heterocycles. The van der Waals surface area contributed by atoms with Crippen LogP contribution in [0.1, 0.15) is 60.8 Å². The molecule has 0 bridgehead atoms. The van der Waals surface area contributed by atoms with Gasteiger partial charge in [0.1, 0.15) is 12.2 Å². The zero-order valence-corrected chi connectivity index (χ0v) is 18.3. The second-order valence-corrected chi connectivity index (χ2v) is 9.22. The van der Waals surface area contributed by atoms with Crippen molar-refractivity contribution in [1.82, 2.24) is 0 Å². The first-order valence-corrected chi connectivity index (χ1v) is 10.2. The van der Waals surface area contributed by atoms with E-state index >= 15 is 0 Å². The molecular formula is C22H30O8. The van der Waals surface area contributed by atoms with Crippen LogP contribution in [-0.2, 0) is 28.6 Å². The van der Waals surface area contributed by atoms with Crippen molar-refractivity contribution in [2.24, 2.45) is 11.3 Å². The Hall–Kier alpha value is -2.19. The van der Waals surface area contributed by atoms with Crippen LogP contribution in [0.25, 0.3) is 0 Å². The molecule has 0 aromatic carbocycles. The van der Waals surface area contributed by atoms with Crippen molar-refractivity contribution in [1.29, 1.82) is 0 Å². The lowest BCUT2D eigenvalue weighted by molar-refractivity contribution is -0.285. The van der Waals surface area contributed by atoms with Crippen LogP contribution in [0.5, 0.6) is 0 Å². The van der Waals surface area contributed by atoms with Crippen LogP contribution in [0.4, 0.5) is 0 Å². The van der Waals surface area contributed by atoms with Gasteiger partial charge in [0, 0.05) is 36.3 Å². The molecule has 8 heteroatoms. The minimum absolute atomic E-state index is 0.144. The van der Waals surface area contributed by atoms with Crippen molar-refractivity contribution in [3.63, 3.8) is 0 Å². The van der Waals surface area contributed by atoms with Crippen molar-refractivity contribution in [3.05, 3.63) is 22.8 Å². The fraction of sp³-hybridized carbons (Fsp3) is 0.682. The third-order valence-electron chi connectivity index (χ3n) is 7.04. The molecule has 0 aromatic rings. The van der Waals surface area contributed by atoms with Gasteiger partial charge in [0.15, 0.2) is 0 Å². The summed E-state index contributed by atoms with van der Waals surface area (Å²) in [5, 5.41) is 22.9. The van der Waals surface area contributed by atoms with E-state index in [2.05, 4.69) is 0 Å². The molecule has 2 aliphatic carbocycles. The average molecular weight is 422 g/mol. The maximum atomic E-state index is 12.6. The second-order valence-electron chi connectivity index (χ2n) is 9.22. The molecule has 30 heavy (non-hydrogen) atoms. The molecule has 3 rings (SSSR count). The molecule has 0 spiro atoms. The van der Waals surface area contributed by atoms with Crippen LogP contribution in [-0.4, -0.2) is 51.7 Å². The number of fused-ring (bicyclic) bond motifs is 2. The van der Waals surface area contributed by atoms with Gasteiger partial charge in [-0.2, -0.15) is 0 Å². The van der Waals surface area contributed by atoms with E-state index in [0.29, 0.717) is 12.0 Å². The van der Waals surface area contributed by atoms with E-state index < -0.39 is 52.8 Å². The molecular weight excluding hydrogens is 392 g/mol. The summed E-state index contributed by atoms with van der Waals surface area (Å²) < 4.78 is 16.5. The van der Waals surface area contributed by atoms with Crippen LogP contribution >= 0.6 is 0 Å². The maximum Gasteiger partial charge on any atom is 0.336 e. The average Bonchev–Trinajstić information content (AvgIpc) is 2.81. The number of hydrogen-bond donors (Lipinski definition) is 2. The fourth-order valence-corrected chi connectivity index (χ4v) is 5.33. The lowest BCUT2D eigenvalue weighted by atomic mass is 9.49. The van der Waals surface area contributed by atoms with Gasteiger partial charge in [-0.05, 0) is 33.6 Å². The van der Waals surface area contributed by atoms with Crippen LogP contribution in [0.2, 0.25) is 0 Å². The van der Waals surface area contributed by atoms with Crippen molar-refractivity contribution in [2.75, 3.05) is 0 Å². The summed E-state index contributed by atoms with van der Waals surface area (Å²) in [5.41, 5.74) is -1.66. The van der Waals surface area contributed by atoms with Gasteiger partial charge in [-0.25, -0.2) is 9.59 Å². The van der Waals surface area contributed by atoms with E-state index in [0.717, 1.165) is 0 Å². The van der Waals surface area contributed by atoms with Gasteiger partial charge in [-0.3, -0.25) is 4.79 Å². The number of carbonyl (C=O) groups excluding carboxylic acids is 3. The Labute approximate surface area is 175 Å². The highest BCUT2D eigenvalue weighted by Gasteiger charge is 2.71. The van der Waals surface area contributed by atoms with E-state index in [1.54, 1.807) is 20.8 Å². The Morgan fingerprint density at radius 2 is 1.83 bits per heavy atom. The molecule has 3 aliphatic rings. The van der Waals surface area contributed by atoms with Gasteiger partial charge >= 0.3 is 17.9 Å². The summed E-state index contributed by atoms with van der Waals surface area (Å²) in [7, 11) is 0. The molecule has 0 aromatic heterocycles. The third kappa shape index (κ3) is 3.26. The van der Waals surface area contributed by atoms with Crippen LogP contribution < -0.4 is 0 Å². The molecule has 166 valence electrons. The van der Waals surface area contributed by atoms with Crippen LogP contribution in [0, 0.1) is 11.3 Å². The predicted molar refractivity (Wildman–Crippen MR) is 105 cm³/mol. The monoisotopic (exact) mass is 422 g/mol. The highest BCUT2D eigenvalue weighted by Crippen LogP contribution is 2.62. The number of esters is 3. The minimum Gasteiger partial charge on any atom is -0.462 e. The van der Waals surface area contributed by atoms with Gasteiger partial charge in [-0.15, -0.1) is 0 Å². The summed E-state index contributed by atoms with van der Waals surface area (Å²) >= 11 is 0. The number of rotatable bonds is 3. The number of aliphatic hydroxyl groups is 2. The maximum absolute atomic E-state index is 12.6. The third-order valence-corrected chi connectivity index (χ3v) is 7.04. The fourth-order valence-electron chi connectivity index (χ4n) is 5.33. The van der Waals surface area contributed by atoms with E-state index in [1.807, 2.05) is 6.92 Å². The molecule has 2 N–H and O–H groups in total. The van der Waals surface area contributed by atoms with Gasteiger partial charge in [0.05, 0.1) is 11.2 Å². The largest absolute Gasteiger partial charge is 0.462 e. The van der Waals surface area contributed by atoms with Crippen LogP contribution in [0.3, 0.4) is 0 Å². The molecule has 2 saturated carbocycles. The van der Waals surface area contributed by atoms with Crippen molar-refractivity contribution in [2.45, 2.75) is 84.4 Å². The lowest BCUT2D eigenvalue weighted by Gasteiger charge is -2.61. The van der Waals surface area contributed by atoms with Gasteiger partial charge in [0.2, 0.25) is 5.79 Å². The number of hydrogen-bond acceptors (Lipinski definition) is 8. The van der Waals surface area contributed by atoms with Crippen LogP contribution in [0.15, 0.2) is 22.8 Å². The molecule has 6 atom stereocenters. The summed E-state index contributed by atoms with van der Waals surface area (Å²) in [6, 6.07) is 0. The Bertz CT molecular complexity index is 853. The zero-order valence-electron chi connectivity index (χ0n) is 18.3. The van der Waals surface area contributed by atoms with E-state index in [9.17, 15) is 24.6 Å². The van der Waals surface area contributed by atoms with Crippen molar-refractivity contribution >= 4 is 17.9 Å². The first kappa shape index (κ1) is 22.5. The normalized spacial score (nSPS) is 40.1. The molecule has 0 radical (unpaired) electrons. The predicted octanol–water partition coefficient (Wildman–Crippen LogP) is 1.93. The van der Waals surface area contributed by atoms with Crippen molar-refractivity contribution in [3.8, 4) is 0 Å². The molecule has 1 aliphatic heterocycles. The summed E-state index contributed by atoms with van der Waals surface area (Å²) in [4.78, 5) is 36.5. The Balaban J connectivity index is 2.17.